The zero-order chi connectivity index (χ0) is 15.9. The zero-order valence-electron chi connectivity index (χ0n) is 12.1. The molecule has 0 fully saturated rings. The summed E-state index contributed by atoms with van der Waals surface area (Å²) in [6.45, 7) is 3.81. The first-order chi connectivity index (χ1) is 10.5. The first kappa shape index (κ1) is 14.9. The van der Waals surface area contributed by atoms with Crippen LogP contribution in [-0.2, 0) is 11.2 Å². The molecule has 0 aliphatic carbocycles. The van der Waals surface area contributed by atoms with E-state index in [2.05, 4.69) is 11.4 Å². The van der Waals surface area contributed by atoms with E-state index in [9.17, 15) is 10.1 Å². The predicted molar refractivity (Wildman–Crippen MR) is 86.7 cm³/mol. The quantitative estimate of drug-likeness (QED) is 0.909. The van der Waals surface area contributed by atoms with E-state index in [1.165, 1.54) is 11.3 Å². The Kier molecular flexibility index (Phi) is 3.81. The van der Waals surface area contributed by atoms with Gasteiger partial charge in [0.1, 0.15) is 16.8 Å². The Balaban J connectivity index is 1.77. The summed E-state index contributed by atoms with van der Waals surface area (Å²) in [4.78, 5) is 13.4. The molecule has 1 N–H and O–H groups in total. The number of carbonyl (C=O) groups is 1. The number of nitriles is 1. The van der Waals surface area contributed by atoms with Gasteiger partial charge in [-0.3, -0.25) is 4.79 Å². The summed E-state index contributed by atoms with van der Waals surface area (Å²) in [5.74, 6) is 0.439. The number of amides is 1. The van der Waals surface area contributed by atoms with Crippen LogP contribution in [0.4, 0.5) is 5.00 Å². The number of nitrogens with zero attached hydrogens (tertiary/aromatic N) is 1. The maximum atomic E-state index is 12.4. The Hall–Kier alpha value is -2.03. The van der Waals surface area contributed by atoms with Crippen molar-refractivity contribution < 1.29 is 9.53 Å². The van der Waals surface area contributed by atoms with Crippen LogP contribution in [0, 0.1) is 25.2 Å². The van der Waals surface area contributed by atoms with Crippen molar-refractivity contribution in [3.8, 4) is 11.8 Å². The van der Waals surface area contributed by atoms with Crippen molar-refractivity contribution in [3.05, 3.63) is 44.8 Å². The van der Waals surface area contributed by atoms with Gasteiger partial charge in [-0.2, -0.15) is 5.26 Å². The number of hydrogen-bond donors (Lipinski definition) is 1. The average molecular weight is 333 g/mol. The Morgan fingerprint density at radius 3 is 3.00 bits per heavy atom. The Labute approximate surface area is 137 Å². The van der Waals surface area contributed by atoms with E-state index in [0.717, 1.165) is 16.0 Å². The molecule has 4 nitrogen and oxygen atoms in total. The van der Waals surface area contributed by atoms with Crippen molar-refractivity contribution >= 4 is 33.8 Å². The fourth-order valence-electron chi connectivity index (χ4n) is 2.41. The second kappa shape index (κ2) is 5.64. The monoisotopic (exact) mass is 332 g/mol. The van der Waals surface area contributed by atoms with Crippen LogP contribution in [0.15, 0.2) is 18.2 Å². The molecule has 6 heteroatoms. The lowest BCUT2D eigenvalue weighted by atomic mass is 10.1. The Bertz CT molecular complexity index is 807. The molecule has 22 heavy (non-hydrogen) atoms. The van der Waals surface area contributed by atoms with Crippen LogP contribution in [0.5, 0.6) is 5.75 Å². The number of anilines is 1. The molecule has 2 heterocycles. The molecule has 0 unspecified atom stereocenters. The molecule has 0 bridgehead atoms. The van der Waals surface area contributed by atoms with Crippen molar-refractivity contribution in [2.45, 2.75) is 26.4 Å². The number of rotatable bonds is 2. The van der Waals surface area contributed by atoms with Gasteiger partial charge in [-0.25, -0.2) is 0 Å². The number of hydrogen-bond acceptors (Lipinski definition) is 4. The van der Waals surface area contributed by atoms with Gasteiger partial charge in [0.05, 0.1) is 5.56 Å². The number of thiophene rings is 1. The van der Waals surface area contributed by atoms with E-state index in [1.54, 1.807) is 12.1 Å². The van der Waals surface area contributed by atoms with Gasteiger partial charge in [0.15, 0.2) is 6.10 Å². The molecule has 1 aromatic heterocycles. The minimum atomic E-state index is -0.595. The Morgan fingerprint density at radius 2 is 2.27 bits per heavy atom. The van der Waals surface area contributed by atoms with Gasteiger partial charge in [-0.1, -0.05) is 11.6 Å². The molecule has 2 aromatic rings. The fraction of sp³-hybridized carbons (Fsp3) is 0.250. The molecule has 112 valence electrons. The maximum absolute atomic E-state index is 12.4. The number of benzene rings is 1. The van der Waals surface area contributed by atoms with Gasteiger partial charge in [0, 0.05) is 16.3 Å². The van der Waals surface area contributed by atoms with Crippen LogP contribution in [0.3, 0.4) is 0 Å². The minimum Gasteiger partial charge on any atom is -0.480 e. The fourth-order valence-corrected chi connectivity index (χ4v) is 3.61. The summed E-state index contributed by atoms with van der Waals surface area (Å²) in [7, 11) is 0. The number of carbonyl (C=O) groups excluding carboxylic acids is 1. The summed E-state index contributed by atoms with van der Waals surface area (Å²) in [6.07, 6.45) is -0.116. The molecule has 0 saturated carbocycles. The summed E-state index contributed by atoms with van der Waals surface area (Å²) < 4.78 is 5.66. The second-order valence-corrected chi connectivity index (χ2v) is 6.81. The standard InChI is InChI=1S/C16H13ClN2O2S/c1-8-9(2)22-16(12(8)7-18)19-15(20)14-6-10-5-11(17)3-4-13(10)21-14/h3-5,14H,6H2,1-2H3,(H,19,20)/t14-/m0/s1. The lowest BCUT2D eigenvalue weighted by Gasteiger charge is -2.10. The van der Waals surface area contributed by atoms with Crippen LogP contribution >= 0.6 is 22.9 Å². The van der Waals surface area contributed by atoms with Gasteiger partial charge >= 0.3 is 0 Å². The second-order valence-electron chi connectivity index (χ2n) is 5.15. The van der Waals surface area contributed by atoms with Crippen LogP contribution in [-0.4, -0.2) is 12.0 Å². The summed E-state index contributed by atoms with van der Waals surface area (Å²) in [5, 5.41) is 13.2. The van der Waals surface area contributed by atoms with Gasteiger partial charge in [0.25, 0.3) is 5.91 Å². The van der Waals surface area contributed by atoms with Crippen molar-refractivity contribution in [2.75, 3.05) is 5.32 Å². The van der Waals surface area contributed by atoms with E-state index >= 15 is 0 Å². The number of nitrogens with one attached hydrogen (secondary N) is 1. The first-order valence-corrected chi connectivity index (χ1v) is 7.95. The van der Waals surface area contributed by atoms with Crippen LogP contribution < -0.4 is 10.1 Å². The molecule has 1 atom stereocenters. The van der Waals surface area contributed by atoms with Gasteiger partial charge < -0.3 is 10.1 Å². The van der Waals surface area contributed by atoms with E-state index in [4.69, 9.17) is 16.3 Å². The number of aryl methyl sites for hydroxylation is 1. The van der Waals surface area contributed by atoms with E-state index in [1.807, 2.05) is 19.9 Å². The maximum Gasteiger partial charge on any atom is 0.266 e. The summed E-state index contributed by atoms with van der Waals surface area (Å²) in [5.41, 5.74) is 2.35. The summed E-state index contributed by atoms with van der Waals surface area (Å²) in [6, 6.07) is 7.46. The summed E-state index contributed by atoms with van der Waals surface area (Å²) >= 11 is 7.36. The highest BCUT2D eigenvalue weighted by molar-refractivity contribution is 7.16. The lowest BCUT2D eigenvalue weighted by molar-refractivity contribution is -0.122. The number of halogens is 1. The topological polar surface area (TPSA) is 62.1 Å². The molecule has 1 amide bonds. The number of ether oxygens (including phenoxy) is 1. The van der Waals surface area contributed by atoms with Gasteiger partial charge in [-0.05, 0) is 43.2 Å². The van der Waals surface area contributed by atoms with E-state index < -0.39 is 6.10 Å². The first-order valence-electron chi connectivity index (χ1n) is 6.75. The lowest BCUT2D eigenvalue weighted by Crippen LogP contribution is -2.31. The zero-order valence-corrected chi connectivity index (χ0v) is 13.6. The minimum absolute atomic E-state index is 0.245. The smallest absolute Gasteiger partial charge is 0.266 e. The molecular weight excluding hydrogens is 320 g/mol. The third-order valence-electron chi connectivity index (χ3n) is 3.72. The van der Waals surface area contributed by atoms with Crippen molar-refractivity contribution in [1.29, 1.82) is 5.26 Å². The Morgan fingerprint density at radius 1 is 1.50 bits per heavy atom. The highest BCUT2D eigenvalue weighted by Crippen LogP contribution is 2.34. The van der Waals surface area contributed by atoms with Crippen molar-refractivity contribution in [2.24, 2.45) is 0 Å². The highest BCUT2D eigenvalue weighted by atomic mass is 35.5. The SMILES string of the molecule is Cc1sc(NC(=O)[C@@H]2Cc3cc(Cl)ccc3O2)c(C#N)c1C. The molecule has 1 aliphatic rings. The molecular formula is C16H13ClN2O2S. The van der Waals surface area contributed by atoms with Crippen molar-refractivity contribution in [1.82, 2.24) is 0 Å². The van der Waals surface area contributed by atoms with Gasteiger partial charge in [0.2, 0.25) is 0 Å². The third kappa shape index (κ3) is 2.56. The normalized spacial score (nSPS) is 15.8. The average Bonchev–Trinajstić information content (AvgIpc) is 3.00. The highest BCUT2D eigenvalue weighted by Gasteiger charge is 2.30. The predicted octanol–water partition coefficient (Wildman–Crippen LogP) is 3.83. The van der Waals surface area contributed by atoms with Gasteiger partial charge in [-0.15, -0.1) is 11.3 Å². The van der Waals surface area contributed by atoms with Crippen LogP contribution in [0.25, 0.3) is 0 Å². The molecule has 1 aromatic carbocycles. The van der Waals surface area contributed by atoms with Crippen molar-refractivity contribution in [3.63, 3.8) is 0 Å². The molecule has 0 saturated heterocycles. The molecule has 1 aliphatic heterocycles. The number of fused-ring (bicyclic) bond motifs is 1. The van der Waals surface area contributed by atoms with E-state index in [-0.39, 0.29) is 5.91 Å². The molecule has 0 spiro atoms. The van der Waals surface area contributed by atoms with Crippen LogP contribution in [0.2, 0.25) is 5.02 Å². The largest absolute Gasteiger partial charge is 0.480 e. The molecule has 3 rings (SSSR count). The third-order valence-corrected chi connectivity index (χ3v) is 5.08. The molecule has 0 radical (unpaired) electrons. The van der Waals surface area contributed by atoms with Crippen LogP contribution in [0.1, 0.15) is 21.6 Å². The van der Waals surface area contributed by atoms with E-state index in [0.29, 0.717) is 27.8 Å².